The topological polar surface area (TPSA) is 120 Å². The summed E-state index contributed by atoms with van der Waals surface area (Å²) in [4.78, 5) is 12.8. The molecular weight excluding hydrogens is 340 g/mol. The number of aliphatic hydroxyl groups is 4. The van der Waals surface area contributed by atoms with Crippen molar-refractivity contribution in [1.82, 2.24) is 0 Å². The summed E-state index contributed by atoms with van der Waals surface area (Å²) in [5, 5.41) is 40.9. The summed E-state index contributed by atoms with van der Waals surface area (Å²) in [6, 6.07) is 0. The molecule has 2 fully saturated rings. The van der Waals surface area contributed by atoms with Crippen LogP contribution < -0.4 is 0 Å². The van der Waals surface area contributed by atoms with Gasteiger partial charge >= 0.3 is 0 Å². The van der Waals surface area contributed by atoms with Crippen LogP contribution in [0.2, 0.25) is 0 Å². The van der Waals surface area contributed by atoms with Gasteiger partial charge in [-0.1, -0.05) is 26.0 Å². The Labute approximate surface area is 154 Å². The fourth-order valence-electron chi connectivity index (χ4n) is 3.93. The number of rotatable bonds is 8. The number of ketones is 1. The minimum atomic E-state index is -1.44. The highest BCUT2D eigenvalue weighted by Gasteiger charge is 2.62. The first-order valence-corrected chi connectivity index (χ1v) is 9.31. The molecule has 0 aromatic heterocycles. The lowest BCUT2D eigenvalue weighted by molar-refractivity contribution is -0.258. The molecule has 2 aliphatic rings. The molecule has 2 saturated heterocycles. The number of epoxide rings is 1. The number of allylic oxidation sites excluding steroid dienone is 1. The Balaban J connectivity index is 2.07. The zero-order valence-electron chi connectivity index (χ0n) is 16.0. The molecule has 0 spiro atoms. The highest BCUT2D eigenvalue weighted by atomic mass is 16.6. The summed E-state index contributed by atoms with van der Waals surface area (Å²) < 4.78 is 11.0. The second-order valence-corrected chi connectivity index (χ2v) is 7.73. The number of ether oxygens (including phenoxy) is 2. The predicted molar refractivity (Wildman–Crippen MR) is 94.2 cm³/mol. The Morgan fingerprint density at radius 3 is 2.58 bits per heavy atom. The maximum absolute atomic E-state index is 12.8. The van der Waals surface area contributed by atoms with Gasteiger partial charge in [0.25, 0.3) is 0 Å². The second kappa shape index (κ2) is 8.04. The Morgan fingerprint density at radius 2 is 2.08 bits per heavy atom. The van der Waals surface area contributed by atoms with Gasteiger partial charge in [0.2, 0.25) is 0 Å². The van der Waals surface area contributed by atoms with Gasteiger partial charge in [-0.15, -0.1) is 0 Å². The molecular formula is C19H32O7. The van der Waals surface area contributed by atoms with Crippen molar-refractivity contribution in [1.29, 1.82) is 0 Å². The van der Waals surface area contributed by atoms with Crippen LogP contribution in [0.15, 0.2) is 12.2 Å². The molecule has 2 aliphatic heterocycles. The van der Waals surface area contributed by atoms with E-state index in [0.717, 1.165) is 0 Å². The Kier molecular flexibility index (Phi) is 6.64. The summed E-state index contributed by atoms with van der Waals surface area (Å²) in [6.45, 7) is 6.61. The van der Waals surface area contributed by atoms with E-state index in [1.165, 1.54) is 0 Å². The minimum absolute atomic E-state index is 0.0669. The summed E-state index contributed by atoms with van der Waals surface area (Å²) in [6.07, 6.45) is 1.55. The van der Waals surface area contributed by atoms with Gasteiger partial charge in [-0.2, -0.15) is 0 Å². The second-order valence-electron chi connectivity index (χ2n) is 7.73. The van der Waals surface area contributed by atoms with Crippen LogP contribution in [0.3, 0.4) is 0 Å². The van der Waals surface area contributed by atoms with Crippen molar-refractivity contribution < 1.29 is 34.7 Å². The van der Waals surface area contributed by atoms with E-state index in [9.17, 15) is 25.2 Å². The molecule has 8 atom stereocenters. The van der Waals surface area contributed by atoms with Gasteiger partial charge < -0.3 is 29.9 Å². The molecule has 2 rings (SSSR count). The lowest BCUT2D eigenvalue weighted by atomic mass is 9.78. The Morgan fingerprint density at radius 1 is 1.42 bits per heavy atom. The summed E-state index contributed by atoms with van der Waals surface area (Å²) in [7, 11) is 0. The Bertz CT molecular complexity index is 536. The minimum Gasteiger partial charge on any atom is -0.396 e. The molecule has 0 bridgehead atoms. The van der Waals surface area contributed by atoms with E-state index in [-0.39, 0.29) is 25.0 Å². The van der Waals surface area contributed by atoms with Crippen molar-refractivity contribution in [3.63, 3.8) is 0 Å². The van der Waals surface area contributed by atoms with Crippen molar-refractivity contribution in [2.45, 2.75) is 70.2 Å². The number of aliphatic hydroxyl groups excluding tert-OH is 3. The SMILES string of the molecule is C/C=C\[C@H](C)[C@H]1OC1(C)[C@@H](O)[C@@H](CO)C(=O)[C@H]1COC(O)(CC)C[C@@H]1O. The zero-order valence-corrected chi connectivity index (χ0v) is 16.0. The fraction of sp³-hybridized carbons (Fsp3) is 0.842. The molecule has 0 aliphatic carbocycles. The maximum Gasteiger partial charge on any atom is 0.167 e. The average molecular weight is 372 g/mol. The molecule has 2 heterocycles. The first-order chi connectivity index (χ1) is 12.1. The standard InChI is InChI=1S/C19H32O7/c1-5-7-11(3)17-18(4,26-17)16(23)12(9-20)15(22)13-10-25-19(24,6-2)8-14(13)21/h5,7,11-14,16-17,20-21,23-24H,6,8-10H2,1-4H3/b7-5-/t11-,12-,13-,14-,16-,17+,18?,19?/m0/s1. The van der Waals surface area contributed by atoms with Gasteiger partial charge in [0.05, 0.1) is 43.4 Å². The monoisotopic (exact) mass is 372 g/mol. The fourth-order valence-corrected chi connectivity index (χ4v) is 3.93. The van der Waals surface area contributed by atoms with Gasteiger partial charge in [0.15, 0.2) is 5.79 Å². The normalized spacial score (nSPS) is 41.0. The molecule has 0 aromatic rings. The molecule has 0 amide bonds. The van der Waals surface area contributed by atoms with E-state index >= 15 is 0 Å². The molecule has 4 N–H and O–H groups in total. The van der Waals surface area contributed by atoms with Crippen molar-refractivity contribution in [2.24, 2.45) is 17.8 Å². The van der Waals surface area contributed by atoms with Crippen LogP contribution in [-0.2, 0) is 14.3 Å². The van der Waals surface area contributed by atoms with Crippen LogP contribution in [0.4, 0.5) is 0 Å². The number of hydrogen-bond donors (Lipinski definition) is 4. The lowest BCUT2D eigenvalue weighted by Gasteiger charge is -2.39. The summed E-state index contributed by atoms with van der Waals surface area (Å²) in [5.41, 5.74) is -0.924. The van der Waals surface area contributed by atoms with Crippen molar-refractivity contribution in [3.8, 4) is 0 Å². The molecule has 26 heavy (non-hydrogen) atoms. The van der Waals surface area contributed by atoms with Gasteiger partial charge in [0.1, 0.15) is 11.4 Å². The van der Waals surface area contributed by atoms with Crippen molar-refractivity contribution in [3.05, 3.63) is 12.2 Å². The van der Waals surface area contributed by atoms with Crippen LogP contribution in [-0.4, -0.2) is 69.1 Å². The Hall–Kier alpha value is -0.830. The third-order valence-electron chi connectivity index (χ3n) is 5.83. The van der Waals surface area contributed by atoms with Gasteiger partial charge in [-0.05, 0) is 20.3 Å². The number of carbonyl (C=O) groups is 1. The van der Waals surface area contributed by atoms with Crippen LogP contribution in [0.5, 0.6) is 0 Å². The van der Waals surface area contributed by atoms with E-state index in [0.29, 0.717) is 6.42 Å². The number of carbonyl (C=O) groups excluding carboxylic acids is 1. The lowest BCUT2D eigenvalue weighted by Crippen LogP contribution is -2.53. The van der Waals surface area contributed by atoms with Crippen LogP contribution >= 0.6 is 0 Å². The highest BCUT2D eigenvalue weighted by Crippen LogP contribution is 2.47. The number of Topliss-reactive ketones (excluding diaryl/α,β-unsaturated/α-hetero) is 1. The summed E-state index contributed by atoms with van der Waals surface area (Å²) in [5.74, 6) is -3.83. The van der Waals surface area contributed by atoms with Crippen LogP contribution in [0, 0.1) is 17.8 Å². The van der Waals surface area contributed by atoms with E-state index < -0.39 is 47.8 Å². The average Bonchev–Trinajstić information content (AvgIpc) is 3.29. The molecule has 0 saturated carbocycles. The molecule has 7 heteroatoms. The van der Waals surface area contributed by atoms with E-state index in [2.05, 4.69) is 0 Å². The largest absolute Gasteiger partial charge is 0.396 e. The van der Waals surface area contributed by atoms with Crippen molar-refractivity contribution in [2.75, 3.05) is 13.2 Å². The molecule has 7 nitrogen and oxygen atoms in total. The third kappa shape index (κ3) is 4.03. The number of hydrogen-bond acceptors (Lipinski definition) is 7. The van der Waals surface area contributed by atoms with Crippen molar-refractivity contribution >= 4 is 5.78 Å². The molecule has 150 valence electrons. The first-order valence-electron chi connectivity index (χ1n) is 9.31. The quantitative estimate of drug-likeness (QED) is 0.359. The van der Waals surface area contributed by atoms with E-state index in [1.807, 2.05) is 26.0 Å². The van der Waals surface area contributed by atoms with Crippen LogP contribution in [0.25, 0.3) is 0 Å². The van der Waals surface area contributed by atoms with E-state index in [4.69, 9.17) is 9.47 Å². The zero-order chi connectivity index (χ0) is 19.7. The molecule has 2 unspecified atom stereocenters. The maximum atomic E-state index is 12.8. The molecule has 0 radical (unpaired) electrons. The third-order valence-corrected chi connectivity index (χ3v) is 5.83. The first kappa shape index (κ1) is 21.5. The van der Waals surface area contributed by atoms with Gasteiger partial charge in [-0.25, -0.2) is 0 Å². The van der Waals surface area contributed by atoms with Gasteiger partial charge in [-0.3, -0.25) is 4.79 Å². The summed E-state index contributed by atoms with van der Waals surface area (Å²) >= 11 is 0. The highest BCUT2D eigenvalue weighted by molar-refractivity contribution is 5.85. The van der Waals surface area contributed by atoms with Crippen LogP contribution in [0.1, 0.15) is 40.5 Å². The smallest absolute Gasteiger partial charge is 0.167 e. The van der Waals surface area contributed by atoms with Gasteiger partial charge in [0, 0.05) is 12.3 Å². The van der Waals surface area contributed by atoms with E-state index in [1.54, 1.807) is 13.8 Å². The molecule has 0 aromatic carbocycles. The predicted octanol–water partition coefficient (Wildman–Crippen LogP) is 0.391.